The molecule has 2 atom stereocenters. The van der Waals surface area contributed by atoms with E-state index in [1.165, 1.54) is 21.5 Å². The van der Waals surface area contributed by atoms with Crippen LogP contribution in [0.25, 0.3) is 22.1 Å². The molecule has 5 N–H and O–H groups in total. The Morgan fingerprint density at radius 3 is 2.01 bits per heavy atom. The Bertz CT molecular complexity index is 3390. The largest absolute Gasteiger partial charge is 0.416 e. The third-order valence-corrected chi connectivity index (χ3v) is 14.5. The third-order valence-electron chi connectivity index (χ3n) is 13.7. The minimum absolute atomic E-state index is 0.0575. The Balaban J connectivity index is 0.775. The van der Waals surface area contributed by atoms with Crippen LogP contribution < -0.4 is 27.1 Å². The summed E-state index contributed by atoms with van der Waals surface area (Å²) in [5, 5.41) is 16.7. The highest BCUT2D eigenvalue weighted by molar-refractivity contribution is 7.12. The lowest BCUT2D eigenvalue weighted by atomic mass is 9.85. The molecular weight excluding hydrogens is 988 g/mol. The highest BCUT2D eigenvalue weighted by Gasteiger charge is 2.45. The van der Waals surface area contributed by atoms with Crippen molar-refractivity contribution in [2.45, 2.75) is 96.2 Å². The van der Waals surface area contributed by atoms with Crippen molar-refractivity contribution in [2.75, 3.05) is 18.4 Å². The maximum Gasteiger partial charge on any atom is 0.416 e. The van der Waals surface area contributed by atoms with E-state index in [1.807, 2.05) is 18.2 Å². The van der Waals surface area contributed by atoms with Gasteiger partial charge < -0.3 is 10.6 Å². The minimum Gasteiger partial charge on any atom is -0.384 e. The number of piperidine rings is 1. The quantitative estimate of drug-likeness (QED) is 0.0364. The number of nitrogens with zero attached hydrogens (tertiary/aromatic N) is 4. The summed E-state index contributed by atoms with van der Waals surface area (Å²) in [4.78, 5) is 98.4. The second-order valence-corrected chi connectivity index (χ2v) is 19.6. The Morgan fingerprint density at radius 1 is 0.733 bits per heavy atom. The van der Waals surface area contributed by atoms with Gasteiger partial charge in [0, 0.05) is 59.0 Å². The highest BCUT2D eigenvalue weighted by Crippen LogP contribution is 2.36. The van der Waals surface area contributed by atoms with Crippen LogP contribution in [0.2, 0.25) is 0 Å². The molecule has 2 aliphatic rings. The molecule has 1 saturated heterocycles. The van der Waals surface area contributed by atoms with E-state index in [1.54, 1.807) is 73.8 Å². The van der Waals surface area contributed by atoms with E-state index < -0.39 is 52.9 Å². The first kappa shape index (κ1) is 51.8. The van der Waals surface area contributed by atoms with E-state index in [9.17, 15) is 46.7 Å². The van der Waals surface area contributed by atoms with Crippen LogP contribution in [-0.4, -0.2) is 78.1 Å². The molecule has 5 heterocycles. The zero-order chi connectivity index (χ0) is 53.0. The lowest BCUT2D eigenvalue weighted by molar-refractivity contribution is -0.138. The van der Waals surface area contributed by atoms with Gasteiger partial charge in [-0.15, -0.1) is 11.3 Å². The predicted molar refractivity (Wildman–Crippen MR) is 277 cm³/mol. The molecule has 5 amide bonds. The van der Waals surface area contributed by atoms with Crippen LogP contribution in [0.3, 0.4) is 0 Å². The first-order valence-corrected chi connectivity index (χ1v) is 25.8. The number of H-pyrrole nitrogens is 2. The van der Waals surface area contributed by atoms with Gasteiger partial charge in [0.1, 0.15) is 6.04 Å². The molecule has 0 saturated carbocycles. The average molecular weight is 1040 g/mol. The number of para-hydroxylation sites is 1. The van der Waals surface area contributed by atoms with Gasteiger partial charge in [-0.25, -0.2) is 9.67 Å². The van der Waals surface area contributed by atoms with Crippen molar-refractivity contribution in [1.82, 2.24) is 40.1 Å². The van der Waals surface area contributed by atoms with Crippen molar-refractivity contribution in [3.63, 3.8) is 0 Å². The monoisotopic (exact) mass is 1040 g/mol. The molecule has 1 fully saturated rings. The third kappa shape index (κ3) is 10.9. The number of aromatic amines is 2. The molecule has 0 aliphatic carbocycles. The maximum atomic E-state index is 14.5. The number of hydrogen-bond donors (Lipinski definition) is 5. The number of anilines is 1. The first-order valence-electron chi connectivity index (χ1n) is 24.9. The summed E-state index contributed by atoms with van der Waals surface area (Å²) in [6, 6.07) is 24.5. The molecule has 2 unspecified atom stereocenters. The second-order valence-electron chi connectivity index (χ2n) is 18.7. The molecule has 20 heteroatoms. The van der Waals surface area contributed by atoms with Crippen molar-refractivity contribution in [2.24, 2.45) is 0 Å². The SMILES string of the molecule is Cc1[nH]n(-c2ccccc2)c(=O)c1C(c1ccc(C(=O)NCCCCCCCCCCNc2cccc3c2C(=O)N(C2CCC(=O)NC2=O)C3=O)cc1)c1c(C)[nH]n(-c2nc(-c3ccc(C(F)(F)F)cc3)cs2)c1=O. The number of aryl methyl sites for hydroxylation is 2. The van der Waals surface area contributed by atoms with Crippen molar-refractivity contribution in [3.8, 4) is 22.1 Å². The first-order chi connectivity index (χ1) is 36.1. The molecule has 9 rings (SSSR count). The normalized spacial score (nSPS) is 15.1. The molecule has 0 spiro atoms. The van der Waals surface area contributed by atoms with Gasteiger partial charge in [0.15, 0.2) is 0 Å². The number of halogens is 3. The summed E-state index contributed by atoms with van der Waals surface area (Å²) in [7, 11) is 0. The number of carbonyl (C=O) groups excluding carboxylic acids is 5. The van der Waals surface area contributed by atoms with Crippen LogP contribution in [0, 0.1) is 13.8 Å². The van der Waals surface area contributed by atoms with Gasteiger partial charge in [0.25, 0.3) is 28.8 Å². The summed E-state index contributed by atoms with van der Waals surface area (Å²) in [6.45, 7) is 4.57. The van der Waals surface area contributed by atoms with Crippen LogP contribution in [0.4, 0.5) is 18.9 Å². The number of aromatic nitrogens is 5. The molecule has 3 aromatic heterocycles. The van der Waals surface area contributed by atoms with E-state index in [-0.39, 0.29) is 46.1 Å². The number of alkyl halides is 3. The van der Waals surface area contributed by atoms with Crippen LogP contribution in [0.5, 0.6) is 0 Å². The number of nitrogens with one attached hydrogen (secondary N) is 5. The molecule has 4 aromatic carbocycles. The van der Waals surface area contributed by atoms with Crippen molar-refractivity contribution in [3.05, 3.63) is 173 Å². The van der Waals surface area contributed by atoms with E-state index in [0.717, 1.165) is 79.7 Å². The van der Waals surface area contributed by atoms with Crippen LogP contribution in [0.1, 0.15) is 135 Å². The molecule has 75 heavy (non-hydrogen) atoms. The summed E-state index contributed by atoms with van der Waals surface area (Å²) >= 11 is 1.13. The highest BCUT2D eigenvalue weighted by atomic mass is 32.1. The number of carbonyl (C=O) groups is 5. The summed E-state index contributed by atoms with van der Waals surface area (Å²) in [5.74, 6) is -3.28. The predicted octanol–water partition coefficient (Wildman–Crippen LogP) is 8.95. The van der Waals surface area contributed by atoms with Crippen LogP contribution >= 0.6 is 11.3 Å². The summed E-state index contributed by atoms with van der Waals surface area (Å²) < 4.78 is 42.4. The smallest absolute Gasteiger partial charge is 0.384 e. The van der Waals surface area contributed by atoms with Crippen molar-refractivity contribution in [1.29, 1.82) is 0 Å². The molecule has 16 nitrogen and oxygen atoms in total. The molecule has 0 bridgehead atoms. The fraction of sp³-hybridized carbons (Fsp3) is 0.309. The standard InChI is InChI=1S/C55H54F3N9O7S/c1-32-44(52(73)66(63-32)38-15-10-9-11-16-38)46(45-33(2)64-67(53(45)74)54-61-41(31-75-54)34-23-25-37(26-24-34)55(56,57)58)35-19-21-36(22-20-35)48(69)60-30-13-8-6-4-3-5-7-12-29-59-40-18-14-17-39-47(40)51(72)65(50(39)71)42-27-28-43(68)62-49(42)70/h9-11,14-26,31,42,46,59,63-64H,3-8,12-13,27-30H2,1-2H3,(H,60,69)(H,62,68,70). The fourth-order valence-electron chi connectivity index (χ4n) is 9.83. The molecule has 7 aromatic rings. The van der Waals surface area contributed by atoms with Gasteiger partial charge >= 0.3 is 6.18 Å². The number of unbranched alkanes of at least 4 members (excludes halogenated alkanes) is 7. The second kappa shape index (κ2) is 22.1. The van der Waals surface area contributed by atoms with Gasteiger partial charge in [-0.1, -0.05) is 87.1 Å². The Labute approximate surface area is 432 Å². The number of rotatable bonds is 20. The number of benzene rings is 4. The minimum atomic E-state index is -4.49. The van der Waals surface area contributed by atoms with Crippen molar-refractivity contribution >= 4 is 46.6 Å². The van der Waals surface area contributed by atoms with E-state index in [4.69, 9.17) is 0 Å². The Kier molecular flexibility index (Phi) is 15.3. The molecule has 2 aliphatic heterocycles. The topological polar surface area (TPSA) is 213 Å². The maximum absolute atomic E-state index is 14.5. The van der Waals surface area contributed by atoms with E-state index >= 15 is 0 Å². The number of thiazole rings is 1. The molecule has 0 radical (unpaired) electrons. The van der Waals surface area contributed by atoms with Crippen LogP contribution in [-0.2, 0) is 15.8 Å². The van der Waals surface area contributed by atoms with E-state index in [0.29, 0.717) is 63.8 Å². The number of imide groups is 2. The van der Waals surface area contributed by atoms with Gasteiger partial charge in [-0.05, 0) is 87.2 Å². The summed E-state index contributed by atoms with van der Waals surface area (Å²) in [6.07, 6.45) is 3.34. The lowest BCUT2D eigenvalue weighted by Gasteiger charge is -2.27. The van der Waals surface area contributed by atoms with Gasteiger partial charge in [0.05, 0.1) is 39.2 Å². The van der Waals surface area contributed by atoms with Gasteiger partial charge in [0.2, 0.25) is 16.9 Å². The fourth-order valence-corrected chi connectivity index (χ4v) is 10.6. The Hall–Kier alpha value is -8.13. The average Bonchev–Trinajstić information content (AvgIpc) is 4.15. The van der Waals surface area contributed by atoms with E-state index in [2.05, 4.69) is 31.1 Å². The number of amides is 5. The Morgan fingerprint density at radius 2 is 1.36 bits per heavy atom. The zero-order valence-corrected chi connectivity index (χ0v) is 42.0. The molecular formula is C55H54F3N9O7S. The summed E-state index contributed by atoms with van der Waals surface area (Å²) in [5.41, 5.74) is 3.45. The zero-order valence-electron chi connectivity index (χ0n) is 41.1. The lowest BCUT2D eigenvalue weighted by Crippen LogP contribution is -2.54. The number of fused-ring (bicyclic) bond motifs is 1. The van der Waals surface area contributed by atoms with Crippen molar-refractivity contribution < 1.29 is 37.1 Å². The molecule has 388 valence electrons. The number of hydrogen-bond acceptors (Lipinski definition) is 10. The van der Waals surface area contributed by atoms with Gasteiger partial charge in [-0.2, -0.15) is 17.9 Å². The van der Waals surface area contributed by atoms with Crippen LogP contribution in [0.15, 0.2) is 112 Å². The van der Waals surface area contributed by atoms with Gasteiger partial charge in [-0.3, -0.25) is 54.0 Å².